The molecular weight excluding hydrogens is 270 g/mol. The number of hydrogen-bond acceptors (Lipinski definition) is 4. The minimum absolute atomic E-state index is 0.145. The van der Waals surface area contributed by atoms with Crippen LogP contribution in [0.25, 0.3) is 0 Å². The van der Waals surface area contributed by atoms with E-state index >= 15 is 0 Å². The molecule has 1 fully saturated rings. The third-order valence-electron chi connectivity index (χ3n) is 4.37. The molecule has 1 aliphatic heterocycles. The highest BCUT2D eigenvalue weighted by Crippen LogP contribution is 2.45. The summed E-state index contributed by atoms with van der Waals surface area (Å²) in [6, 6.07) is 8.07. The molecule has 3 nitrogen and oxygen atoms in total. The molecule has 1 aromatic carbocycles. The van der Waals surface area contributed by atoms with Crippen molar-refractivity contribution in [1.82, 2.24) is 0 Å². The molecule has 1 N–H and O–H groups in total. The van der Waals surface area contributed by atoms with E-state index in [2.05, 4.69) is 32.2 Å². The number of aryl methyl sites for hydroxylation is 1. The fourth-order valence-corrected chi connectivity index (χ4v) is 4.36. The normalized spacial score (nSPS) is 25.0. The molecule has 0 radical (unpaired) electrons. The van der Waals surface area contributed by atoms with Crippen LogP contribution in [0, 0.1) is 12.3 Å². The van der Waals surface area contributed by atoms with Crippen molar-refractivity contribution in [3.63, 3.8) is 0 Å². The Hall–Kier alpha value is -1.16. The van der Waals surface area contributed by atoms with Crippen molar-refractivity contribution in [2.75, 3.05) is 23.9 Å². The molecule has 1 aliphatic rings. The molecule has 4 heteroatoms. The predicted molar refractivity (Wildman–Crippen MR) is 85.3 cm³/mol. The maximum atomic E-state index is 12.5. The SMILES string of the molecule is COC(=O)C1(Nc2ccccc2C)CSCCC1(C)C. The Morgan fingerprint density at radius 2 is 2.05 bits per heavy atom. The van der Waals surface area contributed by atoms with Gasteiger partial charge in [0.2, 0.25) is 0 Å². The Bertz CT molecular complexity index is 501. The van der Waals surface area contributed by atoms with Crippen LogP contribution in [0.2, 0.25) is 0 Å². The molecule has 1 unspecified atom stereocenters. The fourth-order valence-electron chi connectivity index (χ4n) is 2.67. The van der Waals surface area contributed by atoms with Crippen molar-refractivity contribution in [2.45, 2.75) is 32.7 Å². The number of carbonyl (C=O) groups is 1. The minimum Gasteiger partial charge on any atom is -0.467 e. The van der Waals surface area contributed by atoms with Gasteiger partial charge in [-0.05, 0) is 30.7 Å². The first-order valence-corrected chi connectivity index (χ1v) is 8.08. The molecule has 1 aromatic rings. The van der Waals surface area contributed by atoms with Gasteiger partial charge in [0.05, 0.1) is 7.11 Å². The molecule has 0 aromatic heterocycles. The second-order valence-corrected chi connectivity index (χ2v) is 7.13. The minimum atomic E-state index is -0.670. The number of thioether (sulfide) groups is 1. The van der Waals surface area contributed by atoms with Gasteiger partial charge in [-0.15, -0.1) is 0 Å². The molecule has 1 heterocycles. The molecule has 0 amide bonds. The lowest BCUT2D eigenvalue weighted by molar-refractivity contribution is -0.149. The summed E-state index contributed by atoms with van der Waals surface area (Å²) in [5.41, 5.74) is 1.33. The smallest absolute Gasteiger partial charge is 0.332 e. The number of benzene rings is 1. The number of carbonyl (C=O) groups excluding carboxylic acids is 1. The van der Waals surface area contributed by atoms with Gasteiger partial charge in [-0.1, -0.05) is 32.0 Å². The van der Waals surface area contributed by atoms with E-state index in [1.165, 1.54) is 7.11 Å². The van der Waals surface area contributed by atoms with E-state index < -0.39 is 5.54 Å². The quantitative estimate of drug-likeness (QED) is 0.866. The van der Waals surface area contributed by atoms with Crippen LogP contribution in [0.4, 0.5) is 5.69 Å². The van der Waals surface area contributed by atoms with Crippen LogP contribution in [0.15, 0.2) is 24.3 Å². The van der Waals surface area contributed by atoms with Gasteiger partial charge >= 0.3 is 5.97 Å². The van der Waals surface area contributed by atoms with Crippen LogP contribution < -0.4 is 5.32 Å². The third kappa shape index (κ3) is 2.53. The first kappa shape index (κ1) is 15.2. The number of esters is 1. The predicted octanol–water partition coefficient (Wildman–Crippen LogP) is 3.48. The van der Waals surface area contributed by atoms with E-state index in [1.807, 2.05) is 30.0 Å². The van der Waals surface area contributed by atoms with Crippen LogP contribution in [0.1, 0.15) is 25.8 Å². The standard InChI is InChI=1S/C16H23NO2S/c1-12-7-5-6-8-13(12)17-16(14(18)19-4)11-20-10-9-15(16,2)3/h5-8,17H,9-11H2,1-4H3. The zero-order valence-electron chi connectivity index (χ0n) is 12.7. The van der Waals surface area contributed by atoms with Gasteiger partial charge < -0.3 is 10.1 Å². The average Bonchev–Trinajstić information content (AvgIpc) is 2.42. The first-order chi connectivity index (χ1) is 9.43. The number of rotatable bonds is 3. The van der Waals surface area contributed by atoms with Crippen molar-refractivity contribution >= 4 is 23.4 Å². The molecule has 110 valence electrons. The lowest BCUT2D eigenvalue weighted by Gasteiger charge is -2.48. The number of ether oxygens (including phenoxy) is 1. The summed E-state index contributed by atoms with van der Waals surface area (Å²) in [6.45, 7) is 6.35. The van der Waals surface area contributed by atoms with Crippen LogP contribution in [-0.4, -0.2) is 30.1 Å². The number of nitrogens with one attached hydrogen (secondary N) is 1. The molecular formula is C16H23NO2S. The van der Waals surface area contributed by atoms with Gasteiger partial charge in [0.1, 0.15) is 5.54 Å². The summed E-state index contributed by atoms with van der Waals surface area (Å²) >= 11 is 1.81. The highest BCUT2D eigenvalue weighted by atomic mass is 32.2. The largest absolute Gasteiger partial charge is 0.467 e. The zero-order valence-corrected chi connectivity index (χ0v) is 13.5. The second-order valence-electron chi connectivity index (χ2n) is 6.02. The molecule has 2 rings (SSSR count). The number of para-hydroxylation sites is 1. The van der Waals surface area contributed by atoms with Crippen molar-refractivity contribution in [2.24, 2.45) is 5.41 Å². The monoisotopic (exact) mass is 293 g/mol. The van der Waals surface area contributed by atoms with Crippen LogP contribution in [-0.2, 0) is 9.53 Å². The highest BCUT2D eigenvalue weighted by Gasteiger charge is 2.54. The van der Waals surface area contributed by atoms with E-state index in [-0.39, 0.29) is 11.4 Å². The molecule has 1 atom stereocenters. The molecule has 0 saturated carbocycles. The second kappa shape index (κ2) is 5.68. The summed E-state index contributed by atoms with van der Waals surface area (Å²) in [6.07, 6.45) is 0.992. The van der Waals surface area contributed by atoms with E-state index in [0.29, 0.717) is 0 Å². The van der Waals surface area contributed by atoms with E-state index in [1.54, 1.807) is 0 Å². The Kier molecular flexibility index (Phi) is 4.33. The molecule has 20 heavy (non-hydrogen) atoms. The van der Waals surface area contributed by atoms with E-state index in [0.717, 1.165) is 29.2 Å². The lowest BCUT2D eigenvalue weighted by atomic mass is 9.70. The molecule has 0 aliphatic carbocycles. The van der Waals surface area contributed by atoms with Crippen molar-refractivity contribution in [3.8, 4) is 0 Å². The summed E-state index contributed by atoms with van der Waals surface area (Å²) in [5, 5.41) is 3.51. The van der Waals surface area contributed by atoms with Gasteiger partial charge in [0, 0.05) is 16.9 Å². The number of anilines is 1. The van der Waals surface area contributed by atoms with Gasteiger partial charge in [-0.25, -0.2) is 4.79 Å². The van der Waals surface area contributed by atoms with Crippen molar-refractivity contribution in [1.29, 1.82) is 0 Å². The Balaban J connectivity index is 2.43. The summed E-state index contributed by atoms with van der Waals surface area (Å²) in [4.78, 5) is 12.5. The van der Waals surface area contributed by atoms with Gasteiger partial charge in [-0.3, -0.25) is 0 Å². The Morgan fingerprint density at radius 3 is 2.65 bits per heavy atom. The number of hydrogen-bond donors (Lipinski definition) is 1. The highest BCUT2D eigenvalue weighted by molar-refractivity contribution is 7.99. The fraction of sp³-hybridized carbons (Fsp3) is 0.562. The van der Waals surface area contributed by atoms with Gasteiger partial charge in [0.25, 0.3) is 0 Å². The summed E-state index contributed by atoms with van der Waals surface area (Å²) < 4.78 is 5.13. The summed E-state index contributed by atoms with van der Waals surface area (Å²) in [7, 11) is 1.47. The number of methoxy groups -OCH3 is 1. The lowest BCUT2D eigenvalue weighted by Crippen LogP contribution is -2.61. The van der Waals surface area contributed by atoms with E-state index in [4.69, 9.17) is 4.74 Å². The molecule has 1 saturated heterocycles. The maximum Gasteiger partial charge on any atom is 0.332 e. The van der Waals surface area contributed by atoms with E-state index in [9.17, 15) is 4.79 Å². The third-order valence-corrected chi connectivity index (χ3v) is 5.50. The topological polar surface area (TPSA) is 38.3 Å². The Morgan fingerprint density at radius 1 is 1.35 bits per heavy atom. The van der Waals surface area contributed by atoms with Crippen LogP contribution >= 0.6 is 11.8 Å². The van der Waals surface area contributed by atoms with Crippen LogP contribution in [0.5, 0.6) is 0 Å². The maximum absolute atomic E-state index is 12.5. The molecule has 0 spiro atoms. The average molecular weight is 293 g/mol. The summed E-state index contributed by atoms with van der Waals surface area (Å²) in [5.74, 6) is 1.65. The van der Waals surface area contributed by atoms with Gasteiger partial charge in [-0.2, -0.15) is 11.8 Å². The zero-order chi connectivity index (χ0) is 14.8. The van der Waals surface area contributed by atoms with Gasteiger partial charge in [0.15, 0.2) is 0 Å². The van der Waals surface area contributed by atoms with Crippen molar-refractivity contribution in [3.05, 3.63) is 29.8 Å². The van der Waals surface area contributed by atoms with Crippen molar-refractivity contribution < 1.29 is 9.53 Å². The Labute approximate surface area is 125 Å². The first-order valence-electron chi connectivity index (χ1n) is 6.93. The molecule has 0 bridgehead atoms. The van der Waals surface area contributed by atoms with Crippen LogP contribution in [0.3, 0.4) is 0 Å².